The van der Waals surface area contributed by atoms with Gasteiger partial charge in [-0.3, -0.25) is 10.1 Å². The molecule has 2 aromatic carbocycles. The Morgan fingerprint density at radius 1 is 1.10 bits per heavy atom. The van der Waals surface area contributed by atoms with Crippen molar-refractivity contribution in [3.05, 3.63) is 71.5 Å². The summed E-state index contributed by atoms with van der Waals surface area (Å²) in [7, 11) is 1.52. The van der Waals surface area contributed by atoms with Gasteiger partial charge in [0, 0.05) is 17.2 Å². The molecule has 3 N–H and O–H groups in total. The summed E-state index contributed by atoms with van der Waals surface area (Å²) in [5.41, 5.74) is 2.49. The molecule has 0 saturated carbocycles. The van der Waals surface area contributed by atoms with Crippen LogP contribution in [0.25, 0.3) is 11.3 Å². The summed E-state index contributed by atoms with van der Waals surface area (Å²) >= 11 is 5.27. The standard InChI is InChI=1S/C21H18N2O5S/c1-12-4-3-5-13(10-12)19(24)23-21(29)22-16-11-14(27-2)6-7-15(16)17-8-9-18(28-17)20(25)26/h3-11H,1-2H3,(H,25,26)(H2,22,23,24,29). The molecule has 0 fully saturated rings. The highest BCUT2D eigenvalue weighted by molar-refractivity contribution is 7.80. The smallest absolute Gasteiger partial charge is 0.371 e. The van der Waals surface area contributed by atoms with E-state index >= 15 is 0 Å². The minimum absolute atomic E-state index is 0.0797. The normalized spacial score (nSPS) is 10.3. The number of hydrogen-bond acceptors (Lipinski definition) is 5. The number of carboxylic acids is 1. The van der Waals surface area contributed by atoms with Crippen LogP contribution >= 0.6 is 12.2 Å². The number of carboxylic acid groups (broad SMARTS) is 1. The fourth-order valence-corrected chi connectivity index (χ4v) is 2.88. The number of carbonyl (C=O) groups excluding carboxylic acids is 1. The summed E-state index contributed by atoms with van der Waals surface area (Å²) < 4.78 is 10.6. The second kappa shape index (κ2) is 8.57. The van der Waals surface area contributed by atoms with Crippen LogP contribution in [0.15, 0.2) is 59.0 Å². The Balaban J connectivity index is 1.84. The summed E-state index contributed by atoms with van der Waals surface area (Å²) in [5, 5.41) is 14.7. The number of benzene rings is 2. The van der Waals surface area contributed by atoms with E-state index in [4.69, 9.17) is 26.5 Å². The van der Waals surface area contributed by atoms with Crippen LogP contribution in [-0.4, -0.2) is 29.2 Å². The molecule has 29 heavy (non-hydrogen) atoms. The van der Waals surface area contributed by atoms with Crippen molar-refractivity contribution in [1.82, 2.24) is 5.32 Å². The molecule has 0 aliphatic heterocycles. The molecule has 3 rings (SSSR count). The van der Waals surface area contributed by atoms with Gasteiger partial charge < -0.3 is 19.6 Å². The predicted molar refractivity (Wildman–Crippen MR) is 113 cm³/mol. The molecule has 0 unspecified atom stereocenters. The Bertz CT molecular complexity index is 1090. The maximum atomic E-state index is 12.4. The average molecular weight is 410 g/mol. The lowest BCUT2D eigenvalue weighted by Gasteiger charge is -2.14. The number of carbonyl (C=O) groups is 2. The number of anilines is 1. The van der Waals surface area contributed by atoms with Gasteiger partial charge in [0.15, 0.2) is 5.11 Å². The van der Waals surface area contributed by atoms with Crippen LogP contribution in [-0.2, 0) is 0 Å². The summed E-state index contributed by atoms with van der Waals surface area (Å²) in [6.45, 7) is 1.89. The van der Waals surface area contributed by atoms with E-state index in [1.54, 1.807) is 42.5 Å². The first-order valence-electron chi connectivity index (χ1n) is 8.58. The zero-order valence-electron chi connectivity index (χ0n) is 15.7. The topological polar surface area (TPSA) is 101 Å². The number of nitrogens with one attached hydrogen (secondary N) is 2. The Labute approximate surface area is 172 Å². The van der Waals surface area contributed by atoms with Crippen molar-refractivity contribution in [3.8, 4) is 17.1 Å². The van der Waals surface area contributed by atoms with E-state index in [1.165, 1.54) is 13.2 Å². The van der Waals surface area contributed by atoms with Gasteiger partial charge in [0.25, 0.3) is 5.91 Å². The number of methoxy groups -OCH3 is 1. The Morgan fingerprint density at radius 3 is 2.55 bits per heavy atom. The molecule has 0 radical (unpaired) electrons. The van der Waals surface area contributed by atoms with Gasteiger partial charge in [-0.15, -0.1) is 0 Å². The van der Waals surface area contributed by atoms with E-state index < -0.39 is 5.97 Å². The third kappa shape index (κ3) is 4.80. The maximum absolute atomic E-state index is 12.4. The summed E-state index contributed by atoms with van der Waals surface area (Å²) in [5.74, 6) is -0.812. The maximum Gasteiger partial charge on any atom is 0.371 e. The van der Waals surface area contributed by atoms with Gasteiger partial charge >= 0.3 is 5.97 Å². The fourth-order valence-electron chi connectivity index (χ4n) is 2.68. The number of furan rings is 1. The molecule has 8 heteroatoms. The minimum atomic E-state index is -1.17. The Kier molecular flexibility index (Phi) is 5.94. The molecule has 0 spiro atoms. The summed E-state index contributed by atoms with van der Waals surface area (Å²) in [6.07, 6.45) is 0. The van der Waals surface area contributed by atoms with E-state index in [0.29, 0.717) is 28.3 Å². The van der Waals surface area contributed by atoms with Crippen molar-refractivity contribution >= 4 is 34.9 Å². The van der Waals surface area contributed by atoms with Gasteiger partial charge in [0.2, 0.25) is 5.76 Å². The lowest BCUT2D eigenvalue weighted by molar-refractivity contribution is 0.0663. The first-order valence-corrected chi connectivity index (χ1v) is 8.98. The van der Waals surface area contributed by atoms with Crippen LogP contribution in [0.3, 0.4) is 0 Å². The number of aromatic carboxylic acids is 1. The van der Waals surface area contributed by atoms with Crippen molar-refractivity contribution in [2.24, 2.45) is 0 Å². The molecule has 0 aliphatic carbocycles. The van der Waals surface area contributed by atoms with E-state index in [1.807, 2.05) is 13.0 Å². The molecule has 0 bridgehead atoms. The number of aryl methyl sites for hydroxylation is 1. The molecule has 1 heterocycles. The third-order valence-electron chi connectivity index (χ3n) is 4.06. The van der Waals surface area contributed by atoms with E-state index in [9.17, 15) is 9.59 Å². The Morgan fingerprint density at radius 2 is 1.90 bits per heavy atom. The number of rotatable bonds is 5. The first kappa shape index (κ1) is 20.1. The third-order valence-corrected chi connectivity index (χ3v) is 4.27. The van der Waals surface area contributed by atoms with E-state index in [0.717, 1.165) is 5.56 Å². The minimum Gasteiger partial charge on any atom is -0.497 e. The van der Waals surface area contributed by atoms with E-state index in [-0.39, 0.29) is 16.8 Å². The molecule has 0 aliphatic rings. The predicted octanol–water partition coefficient (Wildman–Crippen LogP) is 4.09. The molecule has 3 aromatic rings. The van der Waals surface area contributed by atoms with E-state index in [2.05, 4.69) is 10.6 Å². The SMILES string of the molecule is COc1ccc(-c2ccc(C(=O)O)o2)c(NC(=S)NC(=O)c2cccc(C)c2)c1. The number of hydrogen-bond donors (Lipinski definition) is 3. The molecular weight excluding hydrogens is 392 g/mol. The van der Waals surface area contributed by atoms with Crippen molar-refractivity contribution in [1.29, 1.82) is 0 Å². The lowest BCUT2D eigenvalue weighted by atomic mass is 10.1. The van der Waals surface area contributed by atoms with Crippen LogP contribution in [0.2, 0.25) is 0 Å². The van der Waals surface area contributed by atoms with Crippen molar-refractivity contribution in [2.75, 3.05) is 12.4 Å². The van der Waals surface area contributed by atoms with Crippen LogP contribution < -0.4 is 15.4 Å². The fraction of sp³-hybridized carbons (Fsp3) is 0.0952. The van der Waals surface area contributed by atoms with Gasteiger partial charge in [-0.05, 0) is 55.5 Å². The molecule has 0 saturated heterocycles. The molecule has 7 nitrogen and oxygen atoms in total. The van der Waals surface area contributed by atoms with Gasteiger partial charge in [-0.2, -0.15) is 0 Å². The number of thiocarbonyl (C=S) groups is 1. The van der Waals surface area contributed by atoms with Crippen molar-refractivity contribution < 1.29 is 23.8 Å². The highest BCUT2D eigenvalue weighted by Gasteiger charge is 2.16. The van der Waals surface area contributed by atoms with Gasteiger partial charge in [0.1, 0.15) is 11.5 Å². The summed E-state index contributed by atoms with van der Waals surface area (Å²) in [6, 6.07) is 15.1. The zero-order valence-corrected chi connectivity index (χ0v) is 16.5. The lowest BCUT2D eigenvalue weighted by Crippen LogP contribution is -2.34. The van der Waals surface area contributed by atoms with Gasteiger partial charge in [-0.1, -0.05) is 17.7 Å². The second-order valence-electron chi connectivity index (χ2n) is 6.16. The number of amides is 1. The molecule has 0 atom stereocenters. The first-order chi connectivity index (χ1) is 13.9. The quantitative estimate of drug-likeness (QED) is 0.545. The van der Waals surface area contributed by atoms with Crippen LogP contribution in [0.4, 0.5) is 5.69 Å². The van der Waals surface area contributed by atoms with Crippen LogP contribution in [0.1, 0.15) is 26.5 Å². The number of ether oxygens (including phenoxy) is 1. The molecule has 1 aromatic heterocycles. The Hall–Kier alpha value is -3.65. The molecule has 148 valence electrons. The molecular formula is C21H18N2O5S. The highest BCUT2D eigenvalue weighted by Crippen LogP contribution is 2.32. The van der Waals surface area contributed by atoms with Crippen molar-refractivity contribution in [2.45, 2.75) is 6.92 Å². The largest absolute Gasteiger partial charge is 0.497 e. The second-order valence-corrected chi connectivity index (χ2v) is 6.57. The average Bonchev–Trinajstić information content (AvgIpc) is 3.18. The summed E-state index contributed by atoms with van der Waals surface area (Å²) in [4.78, 5) is 23.5. The van der Waals surface area contributed by atoms with Crippen LogP contribution in [0, 0.1) is 6.92 Å². The zero-order chi connectivity index (χ0) is 21.0. The van der Waals surface area contributed by atoms with Gasteiger partial charge in [-0.25, -0.2) is 4.79 Å². The van der Waals surface area contributed by atoms with Crippen molar-refractivity contribution in [3.63, 3.8) is 0 Å². The van der Waals surface area contributed by atoms with Crippen LogP contribution in [0.5, 0.6) is 5.75 Å². The molecule has 1 amide bonds. The monoisotopic (exact) mass is 410 g/mol. The van der Waals surface area contributed by atoms with Gasteiger partial charge in [0.05, 0.1) is 12.8 Å². The highest BCUT2D eigenvalue weighted by atomic mass is 32.1.